The third kappa shape index (κ3) is 4.77. The van der Waals surface area contributed by atoms with Gasteiger partial charge in [0.1, 0.15) is 0 Å². The van der Waals surface area contributed by atoms with Gasteiger partial charge in [0.05, 0.1) is 0 Å². The third-order valence-electron chi connectivity index (χ3n) is 3.05. The molecule has 0 saturated heterocycles. The van der Waals surface area contributed by atoms with Crippen LogP contribution in [-0.2, 0) is 0 Å². The van der Waals surface area contributed by atoms with Crippen LogP contribution in [0.3, 0.4) is 0 Å². The minimum absolute atomic E-state index is 0.158. The van der Waals surface area contributed by atoms with Gasteiger partial charge in [-0.25, -0.2) is 0 Å². The third-order valence-corrected chi connectivity index (χ3v) is 8.59. The van der Waals surface area contributed by atoms with Gasteiger partial charge in [-0.1, -0.05) is 0 Å². The molecule has 0 unspecified atom stereocenters. The first-order valence-corrected chi connectivity index (χ1v) is 10.9. The predicted molar refractivity (Wildman–Crippen MR) is 88.8 cm³/mol. The molecule has 0 aromatic heterocycles. The monoisotopic (exact) mass is 400 g/mol. The summed E-state index contributed by atoms with van der Waals surface area (Å²) < 4.78 is 2.84. The van der Waals surface area contributed by atoms with Crippen LogP contribution in [0.4, 0.5) is 0 Å². The van der Waals surface area contributed by atoms with E-state index in [4.69, 9.17) is 0 Å². The maximum absolute atomic E-state index is 10.2. The van der Waals surface area contributed by atoms with E-state index in [1.54, 1.807) is 0 Å². The van der Waals surface area contributed by atoms with E-state index in [0.29, 0.717) is 29.9 Å². The second-order valence-electron chi connectivity index (χ2n) is 4.81. The number of benzene rings is 2. The molecule has 0 amide bonds. The Hall–Kier alpha value is -0.561. The van der Waals surface area contributed by atoms with Gasteiger partial charge in [0, 0.05) is 0 Å². The first kappa shape index (κ1) is 15.8. The fourth-order valence-electron chi connectivity index (χ4n) is 1.86. The molecule has 0 aliphatic rings. The van der Waals surface area contributed by atoms with Crippen LogP contribution in [-0.4, -0.2) is 41.1 Å². The Kier molecular flexibility index (Phi) is 6.35. The van der Waals surface area contributed by atoms with Crippen molar-refractivity contribution < 1.29 is 5.11 Å². The summed E-state index contributed by atoms with van der Waals surface area (Å²) in [5.41, 5.74) is 2.70. The molecule has 0 aliphatic heterocycles. The molecule has 0 bridgehead atoms. The average molecular weight is 398 g/mol. The van der Waals surface area contributed by atoms with Crippen molar-refractivity contribution in [2.24, 2.45) is 0 Å². The summed E-state index contributed by atoms with van der Waals surface area (Å²) in [5.74, 6) is 0. The second kappa shape index (κ2) is 8.02. The molecule has 0 saturated carbocycles. The number of hydrogen-bond donors (Lipinski definition) is 1. The summed E-state index contributed by atoms with van der Waals surface area (Å²) in [6.07, 6.45) is -0.158. The normalized spacial score (nSPS) is 11.0. The van der Waals surface area contributed by atoms with Gasteiger partial charge >= 0.3 is 134 Å². The molecule has 0 spiro atoms. The Morgan fingerprint density at radius 2 is 1.20 bits per heavy atom. The molecule has 0 atom stereocenters. The Bertz CT molecular complexity index is 505. The summed E-state index contributed by atoms with van der Waals surface area (Å²) in [6, 6.07) is 17.0. The van der Waals surface area contributed by atoms with Crippen molar-refractivity contribution >= 4 is 38.8 Å². The van der Waals surface area contributed by atoms with Gasteiger partial charge < -0.3 is 0 Å². The van der Waals surface area contributed by atoms with Gasteiger partial charge in [-0.2, -0.15) is 0 Å². The second-order valence-corrected chi connectivity index (χ2v) is 9.26. The summed E-state index contributed by atoms with van der Waals surface area (Å²) in [4.78, 5) is 0. The van der Waals surface area contributed by atoms with Crippen molar-refractivity contribution in [3.63, 3.8) is 0 Å². The van der Waals surface area contributed by atoms with Crippen molar-refractivity contribution in [3.05, 3.63) is 59.7 Å². The van der Waals surface area contributed by atoms with E-state index in [1.807, 2.05) is 0 Å². The molecule has 0 aliphatic carbocycles. The van der Waals surface area contributed by atoms with Gasteiger partial charge in [0.15, 0.2) is 0 Å². The molecule has 2 aromatic rings. The number of aliphatic hydroxyl groups is 1. The van der Waals surface area contributed by atoms with Crippen LogP contribution in [0.5, 0.6) is 0 Å². The summed E-state index contributed by atoms with van der Waals surface area (Å²) in [6.45, 7) is 4.31. The molecule has 20 heavy (non-hydrogen) atoms. The van der Waals surface area contributed by atoms with Crippen LogP contribution in [0.25, 0.3) is 0 Å². The van der Waals surface area contributed by atoms with Crippen molar-refractivity contribution in [2.75, 3.05) is 0 Å². The fourth-order valence-corrected chi connectivity index (χ4v) is 6.64. The van der Waals surface area contributed by atoms with E-state index < -0.39 is 0 Å². The summed E-state index contributed by atoms with van der Waals surface area (Å²) >= 11 is 0.763. The van der Waals surface area contributed by atoms with Gasteiger partial charge in [0.2, 0.25) is 0 Å². The number of hydrogen-bond acceptors (Lipinski definition) is 1. The van der Waals surface area contributed by atoms with Gasteiger partial charge in [-0.05, 0) is 0 Å². The van der Waals surface area contributed by atoms with Crippen molar-refractivity contribution in [3.8, 4) is 0 Å². The molecule has 0 fully saturated rings. The van der Waals surface area contributed by atoms with E-state index in [9.17, 15) is 5.11 Å². The Labute approximate surface area is 134 Å². The fraction of sp³-hybridized carbons (Fsp3) is 0.294. The van der Waals surface area contributed by atoms with Crippen LogP contribution in [0.1, 0.15) is 11.1 Å². The van der Waals surface area contributed by atoms with Crippen LogP contribution in [0.15, 0.2) is 48.5 Å². The molecule has 1 nitrogen and oxygen atoms in total. The molecular formula is C17H20OSe2. The van der Waals surface area contributed by atoms with Crippen LogP contribution in [0.2, 0.25) is 10.6 Å². The van der Waals surface area contributed by atoms with E-state index in [-0.39, 0.29) is 6.10 Å². The maximum atomic E-state index is 10.2. The zero-order valence-electron chi connectivity index (χ0n) is 11.9. The summed E-state index contributed by atoms with van der Waals surface area (Å²) in [5, 5.41) is 12.0. The Morgan fingerprint density at radius 1 is 0.800 bits per heavy atom. The van der Waals surface area contributed by atoms with Gasteiger partial charge in [-0.15, -0.1) is 0 Å². The van der Waals surface area contributed by atoms with Gasteiger partial charge in [-0.3, -0.25) is 0 Å². The number of aliphatic hydroxyl groups excluding tert-OH is 1. The first-order chi connectivity index (χ1) is 9.66. The number of aryl methyl sites for hydroxylation is 2. The van der Waals surface area contributed by atoms with E-state index in [2.05, 4.69) is 62.4 Å². The summed E-state index contributed by atoms with van der Waals surface area (Å²) in [7, 11) is 0. The molecule has 106 valence electrons. The molecule has 3 heteroatoms. The van der Waals surface area contributed by atoms with E-state index in [0.717, 1.165) is 10.6 Å². The van der Waals surface area contributed by atoms with Crippen molar-refractivity contribution in [1.29, 1.82) is 0 Å². The van der Waals surface area contributed by atoms with Gasteiger partial charge in [0.25, 0.3) is 0 Å². The Balaban J connectivity index is 1.80. The molecule has 0 radical (unpaired) electrons. The molecule has 2 aromatic carbocycles. The van der Waals surface area contributed by atoms with Crippen LogP contribution >= 0.6 is 0 Å². The average Bonchev–Trinajstić information content (AvgIpc) is 2.45. The number of rotatable bonds is 6. The predicted octanol–water partition coefficient (Wildman–Crippen LogP) is 1.86. The minimum atomic E-state index is -0.158. The van der Waals surface area contributed by atoms with Crippen LogP contribution < -0.4 is 8.92 Å². The molecular weight excluding hydrogens is 378 g/mol. The molecule has 1 N–H and O–H groups in total. The molecule has 0 heterocycles. The van der Waals surface area contributed by atoms with Crippen molar-refractivity contribution in [2.45, 2.75) is 30.6 Å². The van der Waals surface area contributed by atoms with Crippen LogP contribution in [0, 0.1) is 13.8 Å². The molecule has 2 rings (SSSR count). The topological polar surface area (TPSA) is 20.2 Å². The Morgan fingerprint density at radius 3 is 1.60 bits per heavy atom. The quantitative estimate of drug-likeness (QED) is 0.737. The standard InChI is InChI=1S/C17H20OSe2/c1-13-7-3-5-9-16(13)19-11-15(18)12-20-17-10-6-4-8-14(17)2/h3-10,15,18H,11-12H2,1-2H3. The first-order valence-electron chi connectivity index (χ1n) is 6.71. The van der Waals surface area contributed by atoms with Crippen molar-refractivity contribution in [1.82, 2.24) is 0 Å². The van der Waals surface area contributed by atoms with E-state index >= 15 is 0 Å². The SMILES string of the molecule is Cc1ccccc1[Se]CC(O)C[Se]c1ccccc1C. The zero-order chi connectivity index (χ0) is 14.4. The van der Waals surface area contributed by atoms with E-state index in [1.165, 1.54) is 20.1 Å². The zero-order valence-corrected chi connectivity index (χ0v) is 15.3.